The molecule has 0 atom stereocenters. The Morgan fingerprint density at radius 3 is 2.78 bits per heavy atom. The summed E-state index contributed by atoms with van der Waals surface area (Å²) < 4.78 is 0. The molecule has 0 aliphatic heterocycles. The van der Waals surface area contributed by atoms with E-state index in [1.54, 1.807) is 30.0 Å². The van der Waals surface area contributed by atoms with E-state index in [0.29, 0.717) is 18.0 Å². The Kier molecular flexibility index (Phi) is 4.12. The number of hydrogen-bond donors (Lipinski definition) is 1. The van der Waals surface area contributed by atoms with Gasteiger partial charge in [0.15, 0.2) is 0 Å². The first-order valence-electron chi connectivity index (χ1n) is 6.30. The Balaban J connectivity index is 2.24. The minimum atomic E-state index is -0.110. The molecule has 1 N–H and O–H groups in total. The minimum Gasteiger partial charge on any atom is -0.507 e. The molecule has 4 heteroatoms. The molecule has 0 bridgehead atoms. The zero-order chi connectivity index (χ0) is 13.1. The highest BCUT2D eigenvalue weighted by Crippen LogP contribution is 2.29. The van der Waals surface area contributed by atoms with Crippen molar-refractivity contribution in [2.24, 2.45) is 0 Å². The first kappa shape index (κ1) is 13.2. The number of benzene rings is 1. The van der Waals surface area contributed by atoms with Crippen molar-refractivity contribution in [3.63, 3.8) is 0 Å². The summed E-state index contributed by atoms with van der Waals surface area (Å²) in [7, 11) is 0. The van der Waals surface area contributed by atoms with Gasteiger partial charge in [0.05, 0.1) is 5.56 Å². The number of carbonyl (C=O) groups excluding carboxylic acids is 1. The number of rotatable bonds is 4. The van der Waals surface area contributed by atoms with Gasteiger partial charge in [-0.25, -0.2) is 0 Å². The lowest BCUT2D eigenvalue weighted by Crippen LogP contribution is -2.45. The van der Waals surface area contributed by atoms with Crippen molar-refractivity contribution >= 4 is 17.5 Å². The Labute approximate surface area is 112 Å². The maximum Gasteiger partial charge on any atom is 0.257 e. The molecule has 1 amide bonds. The average Bonchev–Trinajstić information content (AvgIpc) is 2.29. The summed E-state index contributed by atoms with van der Waals surface area (Å²) in [5.41, 5.74) is 1.10. The van der Waals surface area contributed by atoms with Crippen LogP contribution < -0.4 is 0 Å². The Bertz CT molecular complexity index is 443. The van der Waals surface area contributed by atoms with E-state index in [9.17, 15) is 9.90 Å². The molecule has 0 aromatic heterocycles. The van der Waals surface area contributed by atoms with Gasteiger partial charge in [-0.05, 0) is 37.8 Å². The zero-order valence-electron chi connectivity index (χ0n) is 10.5. The van der Waals surface area contributed by atoms with Crippen LogP contribution in [0.4, 0.5) is 0 Å². The van der Waals surface area contributed by atoms with E-state index in [1.807, 2.05) is 0 Å². The standard InChI is InChI=1S/C14H18ClNO2/c1-10-4-2-7-12(13(10)17)14(18)16(9-8-15)11-5-3-6-11/h2,4,7,11,17H,3,5-6,8-9H2,1H3. The maximum absolute atomic E-state index is 12.4. The third-order valence-corrected chi connectivity index (χ3v) is 3.74. The first-order chi connectivity index (χ1) is 8.65. The van der Waals surface area contributed by atoms with Crippen LogP contribution in [0.2, 0.25) is 0 Å². The van der Waals surface area contributed by atoms with Crippen molar-refractivity contribution in [2.75, 3.05) is 12.4 Å². The van der Waals surface area contributed by atoms with E-state index in [1.165, 1.54) is 0 Å². The number of aromatic hydroxyl groups is 1. The molecule has 0 radical (unpaired) electrons. The van der Waals surface area contributed by atoms with Gasteiger partial charge < -0.3 is 10.0 Å². The van der Waals surface area contributed by atoms with Crippen LogP contribution in [0.3, 0.4) is 0 Å². The Morgan fingerprint density at radius 1 is 1.50 bits per heavy atom. The topological polar surface area (TPSA) is 40.5 Å². The normalized spacial score (nSPS) is 15.2. The van der Waals surface area contributed by atoms with Gasteiger partial charge in [0.25, 0.3) is 5.91 Å². The molecule has 1 saturated carbocycles. The van der Waals surface area contributed by atoms with Crippen molar-refractivity contribution in [1.29, 1.82) is 0 Å². The summed E-state index contributed by atoms with van der Waals surface area (Å²) in [6, 6.07) is 5.55. The van der Waals surface area contributed by atoms with Crippen LogP contribution >= 0.6 is 11.6 Å². The second-order valence-corrected chi connectivity index (χ2v) is 5.12. The maximum atomic E-state index is 12.4. The fraction of sp³-hybridized carbons (Fsp3) is 0.500. The van der Waals surface area contributed by atoms with Gasteiger partial charge in [-0.3, -0.25) is 4.79 Å². The Morgan fingerprint density at radius 2 is 2.22 bits per heavy atom. The fourth-order valence-electron chi connectivity index (χ4n) is 2.23. The van der Waals surface area contributed by atoms with Gasteiger partial charge in [-0.15, -0.1) is 11.6 Å². The van der Waals surface area contributed by atoms with Gasteiger partial charge in [0.1, 0.15) is 5.75 Å². The number of alkyl halides is 1. The van der Waals surface area contributed by atoms with E-state index < -0.39 is 0 Å². The molecule has 1 aliphatic carbocycles. The Hall–Kier alpha value is -1.22. The molecule has 98 valence electrons. The SMILES string of the molecule is Cc1cccc(C(=O)N(CCCl)C2CCC2)c1O. The van der Waals surface area contributed by atoms with Gasteiger partial charge in [0, 0.05) is 18.5 Å². The van der Waals surface area contributed by atoms with Gasteiger partial charge >= 0.3 is 0 Å². The molecular formula is C14H18ClNO2. The molecule has 2 rings (SSSR count). The first-order valence-corrected chi connectivity index (χ1v) is 6.84. The zero-order valence-corrected chi connectivity index (χ0v) is 11.3. The summed E-state index contributed by atoms with van der Waals surface area (Å²) in [4.78, 5) is 14.2. The molecule has 0 saturated heterocycles. The quantitative estimate of drug-likeness (QED) is 0.852. The number of phenols is 1. The second-order valence-electron chi connectivity index (χ2n) is 4.74. The molecule has 18 heavy (non-hydrogen) atoms. The van der Waals surface area contributed by atoms with E-state index in [4.69, 9.17) is 11.6 Å². The average molecular weight is 268 g/mol. The number of aryl methyl sites for hydroxylation is 1. The molecule has 1 fully saturated rings. The lowest BCUT2D eigenvalue weighted by atomic mass is 9.91. The van der Waals surface area contributed by atoms with Crippen LogP contribution in [0, 0.1) is 6.92 Å². The highest BCUT2D eigenvalue weighted by atomic mass is 35.5. The van der Waals surface area contributed by atoms with Crippen LogP contribution in [0.15, 0.2) is 18.2 Å². The van der Waals surface area contributed by atoms with Crippen LogP contribution in [-0.2, 0) is 0 Å². The number of para-hydroxylation sites is 1. The number of amides is 1. The van der Waals surface area contributed by atoms with Crippen LogP contribution in [-0.4, -0.2) is 34.4 Å². The van der Waals surface area contributed by atoms with Crippen molar-refractivity contribution in [2.45, 2.75) is 32.2 Å². The van der Waals surface area contributed by atoms with Gasteiger partial charge in [-0.2, -0.15) is 0 Å². The summed E-state index contributed by atoms with van der Waals surface area (Å²) in [6.07, 6.45) is 3.24. The molecule has 1 aliphatic rings. The number of phenolic OH excluding ortho intramolecular Hbond substituents is 1. The number of nitrogens with zero attached hydrogens (tertiary/aromatic N) is 1. The van der Waals surface area contributed by atoms with Crippen LogP contribution in [0.25, 0.3) is 0 Å². The van der Waals surface area contributed by atoms with E-state index in [-0.39, 0.29) is 17.7 Å². The van der Waals surface area contributed by atoms with E-state index in [2.05, 4.69) is 0 Å². The fourth-order valence-corrected chi connectivity index (χ4v) is 2.41. The smallest absolute Gasteiger partial charge is 0.257 e. The van der Waals surface area contributed by atoms with E-state index in [0.717, 1.165) is 24.8 Å². The predicted octanol–water partition coefficient (Wildman–Crippen LogP) is 2.93. The largest absolute Gasteiger partial charge is 0.507 e. The van der Waals surface area contributed by atoms with Gasteiger partial charge in [-0.1, -0.05) is 12.1 Å². The molecule has 1 aromatic rings. The summed E-state index contributed by atoms with van der Waals surface area (Å²) >= 11 is 5.77. The summed E-state index contributed by atoms with van der Waals surface area (Å²) in [6.45, 7) is 2.33. The van der Waals surface area contributed by atoms with Crippen LogP contribution in [0.5, 0.6) is 5.75 Å². The number of carbonyl (C=O) groups is 1. The summed E-state index contributed by atoms with van der Waals surface area (Å²) in [5, 5.41) is 9.98. The molecular weight excluding hydrogens is 250 g/mol. The highest BCUT2D eigenvalue weighted by molar-refractivity contribution is 6.18. The van der Waals surface area contributed by atoms with Gasteiger partial charge in [0.2, 0.25) is 0 Å². The number of halogens is 1. The van der Waals surface area contributed by atoms with Crippen molar-refractivity contribution in [3.8, 4) is 5.75 Å². The lowest BCUT2D eigenvalue weighted by Gasteiger charge is -2.37. The molecule has 1 aromatic carbocycles. The predicted molar refractivity (Wildman–Crippen MR) is 72.2 cm³/mol. The molecule has 3 nitrogen and oxygen atoms in total. The summed E-state index contributed by atoms with van der Waals surface area (Å²) in [5.74, 6) is 0.400. The third kappa shape index (κ3) is 2.46. The minimum absolute atomic E-state index is 0.0846. The lowest BCUT2D eigenvalue weighted by molar-refractivity contribution is 0.0595. The van der Waals surface area contributed by atoms with Crippen molar-refractivity contribution < 1.29 is 9.90 Å². The van der Waals surface area contributed by atoms with Crippen molar-refractivity contribution in [3.05, 3.63) is 29.3 Å². The monoisotopic (exact) mass is 267 g/mol. The van der Waals surface area contributed by atoms with E-state index >= 15 is 0 Å². The third-order valence-electron chi connectivity index (χ3n) is 3.57. The highest BCUT2D eigenvalue weighted by Gasteiger charge is 2.30. The number of hydrogen-bond acceptors (Lipinski definition) is 2. The second kappa shape index (κ2) is 5.61. The van der Waals surface area contributed by atoms with Crippen molar-refractivity contribution in [1.82, 2.24) is 4.90 Å². The van der Waals surface area contributed by atoms with Crippen LogP contribution in [0.1, 0.15) is 35.2 Å². The molecule has 0 spiro atoms. The molecule has 0 heterocycles. The molecule has 0 unspecified atom stereocenters.